The summed E-state index contributed by atoms with van der Waals surface area (Å²) in [5.74, 6) is 0.459. The zero-order valence-electron chi connectivity index (χ0n) is 8.67. The summed E-state index contributed by atoms with van der Waals surface area (Å²) in [4.78, 5) is 14.0. The van der Waals surface area contributed by atoms with E-state index in [0.29, 0.717) is 5.75 Å². The third-order valence-electron chi connectivity index (χ3n) is 1.44. The van der Waals surface area contributed by atoms with Crippen LogP contribution in [0, 0.1) is 0 Å². The lowest BCUT2D eigenvalue weighted by Gasteiger charge is -2.19. The minimum absolute atomic E-state index is 0. The summed E-state index contributed by atoms with van der Waals surface area (Å²) in [7, 11) is -1.13. The molecule has 0 aliphatic heterocycles. The highest BCUT2D eigenvalue weighted by molar-refractivity contribution is 6.92. The van der Waals surface area contributed by atoms with Gasteiger partial charge in [-0.15, -0.1) is 0 Å². The van der Waals surface area contributed by atoms with Crippen LogP contribution in [0.15, 0.2) is 30.3 Å². The molecule has 0 bridgehead atoms. The van der Waals surface area contributed by atoms with Gasteiger partial charge in [-0.2, -0.15) is 14.5 Å². The van der Waals surface area contributed by atoms with Gasteiger partial charge in [0.2, 0.25) is 0 Å². The molecule has 2 atom stereocenters. The summed E-state index contributed by atoms with van der Waals surface area (Å²) in [5.41, 5.74) is 0. The van der Waals surface area contributed by atoms with E-state index in [-0.39, 0.29) is 9.90 Å². The fourth-order valence-corrected chi connectivity index (χ4v) is 1.67. The van der Waals surface area contributed by atoms with Gasteiger partial charge in [0.05, 0.1) is 7.11 Å². The van der Waals surface area contributed by atoms with Crippen LogP contribution < -0.4 is 4.43 Å². The van der Waals surface area contributed by atoms with Crippen molar-refractivity contribution in [1.82, 2.24) is 0 Å². The maximum Gasteiger partial charge on any atom is 0.774 e. The van der Waals surface area contributed by atoms with Crippen LogP contribution in [-0.2, 0) is 13.9 Å². The van der Waals surface area contributed by atoms with Gasteiger partial charge in [0.15, 0.2) is 0 Å². The molecule has 0 aromatic heterocycles. The second-order valence-corrected chi connectivity index (χ2v) is 4.22. The van der Waals surface area contributed by atoms with Crippen molar-refractivity contribution >= 4 is 18.9 Å². The summed E-state index contributed by atoms with van der Waals surface area (Å²) < 4.78 is 14.4. The van der Waals surface area contributed by atoms with E-state index in [4.69, 9.17) is 8.85 Å². The maximum absolute atomic E-state index is 9.62. The molecule has 0 heterocycles. The third kappa shape index (κ3) is 4.70. The predicted octanol–water partition coefficient (Wildman–Crippen LogP) is 0.776. The van der Waals surface area contributed by atoms with Gasteiger partial charge < -0.3 is 13.6 Å². The van der Waals surface area contributed by atoms with E-state index in [1.165, 1.54) is 14.2 Å². The zero-order chi connectivity index (χ0) is 10.4. The molecule has 5 nitrogen and oxygen atoms in total. The monoisotopic (exact) mass is 250 g/mol. The van der Waals surface area contributed by atoms with Crippen LogP contribution in [0.1, 0.15) is 0 Å². The molecule has 0 fully saturated rings. The van der Waals surface area contributed by atoms with Crippen molar-refractivity contribution < 1.29 is 23.1 Å². The van der Waals surface area contributed by atoms with Crippen molar-refractivity contribution in [3.63, 3.8) is 0 Å². The highest BCUT2D eigenvalue weighted by Gasteiger charge is 2.44. The molecule has 0 radical (unpaired) electrons. The molecule has 1 N–H and O–H groups in total. The zero-order valence-corrected chi connectivity index (χ0v) is 11.1. The van der Waals surface area contributed by atoms with Crippen molar-refractivity contribution in [1.29, 1.82) is 0 Å². The molecule has 7 heteroatoms. The average Bonchev–Trinajstić information content (AvgIpc) is 2.20. The van der Waals surface area contributed by atoms with Crippen LogP contribution >= 0.6 is 9.90 Å². The minimum atomic E-state index is -3.69. The van der Waals surface area contributed by atoms with Gasteiger partial charge in [0.1, 0.15) is 5.75 Å². The second kappa shape index (κ2) is 6.89. The molecule has 0 aliphatic carbocycles. The van der Waals surface area contributed by atoms with E-state index in [0.717, 1.165) is 0 Å². The average molecular weight is 250 g/mol. The van der Waals surface area contributed by atoms with E-state index in [1.807, 2.05) is 6.07 Å². The summed E-state index contributed by atoms with van der Waals surface area (Å²) >= 11 is 0. The van der Waals surface area contributed by atoms with Gasteiger partial charge in [-0.3, -0.25) is 0 Å². The van der Waals surface area contributed by atoms with Gasteiger partial charge in [-0.25, -0.2) is 4.89 Å². The highest BCUT2D eigenvalue weighted by atomic mass is 31.0. The molecular weight excluding hydrogens is 235 g/mol. The molecule has 86 valence electrons. The van der Waals surface area contributed by atoms with E-state index < -0.39 is 9.05 Å². The lowest BCUT2D eigenvalue weighted by molar-refractivity contribution is -0.239. The Labute approximate surface area is 93.0 Å². The Hall–Kier alpha value is -0.493. The van der Waals surface area contributed by atoms with Crippen molar-refractivity contribution in [2.75, 3.05) is 14.2 Å². The Morgan fingerprint density at radius 1 is 1.13 bits per heavy atom. The van der Waals surface area contributed by atoms with Gasteiger partial charge >= 0.3 is 9.05 Å². The Morgan fingerprint density at radius 2 is 1.73 bits per heavy atom. The van der Waals surface area contributed by atoms with Crippen LogP contribution in [0.25, 0.3) is 0 Å². The first-order valence-corrected chi connectivity index (χ1v) is 5.61. The van der Waals surface area contributed by atoms with E-state index in [1.54, 1.807) is 24.3 Å². The Balaban J connectivity index is 0.00000196. The predicted molar refractivity (Wildman–Crippen MR) is 61.3 cm³/mol. The smallest absolute Gasteiger partial charge is 0.479 e. The van der Waals surface area contributed by atoms with Crippen molar-refractivity contribution in [2.45, 2.75) is 0 Å². The molecule has 0 aliphatic rings. The molecule has 15 heavy (non-hydrogen) atoms. The summed E-state index contributed by atoms with van der Waals surface area (Å²) in [6, 6.07) is 8.72. The lowest BCUT2D eigenvalue weighted by atomic mass is 10.3. The lowest BCUT2D eigenvalue weighted by Crippen LogP contribution is -2.48. The van der Waals surface area contributed by atoms with E-state index in [2.05, 4.69) is 9.46 Å². The number of benzene rings is 1. The highest BCUT2D eigenvalue weighted by Crippen LogP contribution is 2.14. The summed E-state index contributed by atoms with van der Waals surface area (Å²) in [5, 5.41) is 0. The van der Waals surface area contributed by atoms with Crippen LogP contribution in [0.4, 0.5) is 0 Å². The number of para-hydroxylation sites is 1. The van der Waals surface area contributed by atoms with Gasteiger partial charge in [-0.1, -0.05) is 18.2 Å². The van der Waals surface area contributed by atoms with Crippen molar-refractivity contribution in [3.8, 4) is 5.75 Å². The fourth-order valence-electron chi connectivity index (χ4n) is 0.835. The normalized spacial score (nSPS) is 13.8. The molecule has 2 unspecified atom stereocenters. The summed E-state index contributed by atoms with van der Waals surface area (Å²) in [6.45, 7) is 0. The molecule has 0 saturated heterocycles. The van der Waals surface area contributed by atoms with Gasteiger partial charge in [-0.05, 0) is 12.1 Å². The fraction of sp³-hybridized carbons (Fsp3) is 0.250. The Bertz CT molecular complexity index is 273. The molecule has 1 aromatic carbocycles. The van der Waals surface area contributed by atoms with Crippen molar-refractivity contribution in [2.24, 2.45) is 0 Å². The second-order valence-electron chi connectivity index (χ2n) is 2.39. The largest absolute Gasteiger partial charge is 0.774 e. The molecule has 1 aromatic rings. The maximum atomic E-state index is 9.62. The van der Waals surface area contributed by atoms with Crippen LogP contribution in [-0.4, -0.2) is 28.1 Å². The van der Waals surface area contributed by atoms with E-state index >= 15 is 0 Å². The van der Waals surface area contributed by atoms with Crippen LogP contribution in [0.3, 0.4) is 0 Å². The topological polar surface area (TPSA) is 57.2 Å². The third-order valence-corrected chi connectivity index (χ3v) is 2.82. The first kappa shape index (κ1) is 14.5. The van der Waals surface area contributed by atoms with Gasteiger partial charge in [0, 0.05) is 7.11 Å². The van der Waals surface area contributed by atoms with Crippen LogP contribution in [0.2, 0.25) is 0 Å². The molecule has 1 rings (SSSR count). The summed E-state index contributed by atoms with van der Waals surface area (Å²) in [6.07, 6.45) is 0. The van der Waals surface area contributed by atoms with Crippen molar-refractivity contribution in [3.05, 3.63) is 30.3 Å². The number of rotatable bonds is 5. The standard InChI is InChI=1S/C8H12O5Si.H3P/c1-10-13-14(9,11-2)12-8-6-4-3-5-7-8;/h3-7,9H,1-2H3;1H3. The van der Waals surface area contributed by atoms with E-state index in [9.17, 15) is 4.80 Å². The SMILES string of the molecule is COO[Si](O)(OC)Oc1ccccc1.P. The molecular formula is C8H15O5PSi. The Morgan fingerprint density at radius 3 is 2.20 bits per heavy atom. The number of hydrogen-bond donors (Lipinski definition) is 1. The first-order chi connectivity index (χ1) is 6.70. The van der Waals surface area contributed by atoms with Crippen LogP contribution in [0.5, 0.6) is 5.75 Å². The quantitative estimate of drug-likeness (QED) is 0.362. The first-order valence-electron chi connectivity index (χ1n) is 3.93. The minimum Gasteiger partial charge on any atom is -0.479 e. The molecule has 0 saturated carbocycles. The number of hydrogen-bond acceptors (Lipinski definition) is 5. The molecule has 0 spiro atoms. The Kier molecular flexibility index (Phi) is 6.67. The van der Waals surface area contributed by atoms with Gasteiger partial charge in [0.25, 0.3) is 0 Å². The molecule has 0 amide bonds.